The zero-order valence-electron chi connectivity index (χ0n) is 6.60. The van der Waals surface area contributed by atoms with Crippen LogP contribution in [0.5, 0.6) is 0 Å². The van der Waals surface area contributed by atoms with Crippen molar-refractivity contribution in [2.45, 2.75) is 38.5 Å². The van der Waals surface area contributed by atoms with E-state index < -0.39 is 0 Å². The Hall–Kier alpha value is -0.460. The van der Waals surface area contributed by atoms with Gasteiger partial charge in [-0.25, -0.2) is 0 Å². The number of rotatable bonds is 1. The van der Waals surface area contributed by atoms with Crippen LogP contribution in [0, 0.1) is 5.92 Å². The Kier molecular flexibility index (Phi) is 2.79. The van der Waals surface area contributed by atoms with Crippen LogP contribution in [0.4, 0.5) is 0 Å². The molecular weight excluding hydrogens is 122 g/mol. The lowest BCUT2D eigenvalue weighted by Gasteiger charge is -2.11. The fourth-order valence-electron chi connectivity index (χ4n) is 1.65. The molecule has 0 atom stereocenters. The monoisotopic (exact) mass is 139 g/mol. The van der Waals surface area contributed by atoms with Gasteiger partial charge in [0.2, 0.25) is 0 Å². The third kappa shape index (κ3) is 2.05. The van der Waals surface area contributed by atoms with E-state index in [1.54, 1.807) is 0 Å². The van der Waals surface area contributed by atoms with E-state index >= 15 is 0 Å². The van der Waals surface area contributed by atoms with Crippen molar-refractivity contribution in [3.8, 4) is 0 Å². The molecule has 1 aliphatic carbocycles. The van der Waals surface area contributed by atoms with Crippen LogP contribution in [0.1, 0.15) is 38.5 Å². The average Bonchev–Trinajstić information content (AvgIpc) is 2.12. The summed E-state index contributed by atoms with van der Waals surface area (Å²) in [6.45, 7) is 3.80. The van der Waals surface area contributed by atoms with Gasteiger partial charge in [0, 0.05) is 5.70 Å². The normalized spacial score (nSPS) is 22.0. The summed E-state index contributed by atoms with van der Waals surface area (Å²) in [5.74, 6) is 0.627. The molecule has 0 heterocycles. The highest BCUT2D eigenvalue weighted by Crippen LogP contribution is 2.25. The van der Waals surface area contributed by atoms with Crippen molar-refractivity contribution < 1.29 is 0 Å². The fraction of sp³-hybridized carbons (Fsp3) is 0.778. The zero-order valence-corrected chi connectivity index (χ0v) is 6.60. The lowest BCUT2D eigenvalue weighted by Crippen LogP contribution is -2.09. The summed E-state index contributed by atoms with van der Waals surface area (Å²) < 4.78 is 0. The molecule has 0 saturated heterocycles. The first-order chi connectivity index (χ1) is 4.80. The highest BCUT2D eigenvalue weighted by atomic mass is 14.6. The first-order valence-electron chi connectivity index (χ1n) is 4.25. The van der Waals surface area contributed by atoms with Gasteiger partial charge in [0.15, 0.2) is 0 Å². The molecule has 0 aromatic heterocycles. The van der Waals surface area contributed by atoms with Gasteiger partial charge in [-0.15, -0.1) is 0 Å². The summed E-state index contributed by atoms with van der Waals surface area (Å²) in [6, 6.07) is 0. The van der Waals surface area contributed by atoms with Crippen LogP contribution in [0.25, 0.3) is 0 Å². The smallest absolute Gasteiger partial charge is 0.00390 e. The van der Waals surface area contributed by atoms with Crippen LogP contribution in [0.3, 0.4) is 0 Å². The van der Waals surface area contributed by atoms with E-state index in [0.717, 1.165) is 5.70 Å². The first-order valence-corrected chi connectivity index (χ1v) is 4.25. The maximum atomic E-state index is 5.64. The van der Waals surface area contributed by atoms with Crippen molar-refractivity contribution in [1.29, 1.82) is 0 Å². The molecule has 10 heavy (non-hydrogen) atoms. The lowest BCUT2D eigenvalue weighted by molar-refractivity contribution is 0.527. The largest absolute Gasteiger partial charge is 0.402 e. The van der Waals surface area contributed by atoms with E-state index in [1.807, 2.05) is 0 Å². The van der Waals surface area contributed by atoms with Gasteiger partial charge in [-0.05, 0) is 18.8 Å². The van der Waals surface area contributed by atoms with Crippen molar-refractivity contribution in [1.82, 2.24) is 0 Å². The molecule has 0 unspecified atom stereocenters. The molecule has 1 aliphatic rings. The highest BCUT2D eigenvalue weighted by molar-refractivity contribution is 4.94. The second-order valence-electron chi connectivity index (χ2n) is 3.26. The molecule has 0 aliphatic heterocycles. The van der Waals surface area contributed by atoms with Gasteiger partial charge >= 0.3 is 0 Å². The maximum Gasteiger partial charge on any atom is 0.00390 e. The van der Waals surface area contributed by atoms with Crippen molar-refractivity contribution in [3.05, 3.63) is 12.3 Å². The van der Waals surface area contributed by atoms with E-state index in [-0.39, 0.29) is 0 Å². The highest BCUT2D eigenvalue weighted by Gasteiger charge is 2.12. The number of hydrogen-bond donors (Lipinski definition) is 1. The predicted octanol–water partition coefficient (Wildman–Crippen LogP) is 2.43. The molecular formula is C9H17N. The van der Waals surface area contributed by atoms with Crippen LogP contribution in [0.2, 0.25) is 0 Å². The molecule has 58 valence electrons. The summed E-state index contributed by atoms with van der Waals surface area (Å²) in [5, 5.41) is 0. The zero-order chi connectivity index (χ0) is 7.40. The topological polar surface area (TPSA) is 26.0 Å². The van der Waals surface area contributed by atoms with Gasteiger partial charge in [0.25, 0.3) is 0 Å². The molecule has 0 aromatic rings. The number of nitrogens with two attached hydrogens (primary N) is 1. The minimum atomic E-state index is 0.627. The minimum Gasteiger partial charge on any atom is -0.402 e. The van der Waals surface area contributed by atoms with Crippen LogP contribution in [-0.4, -0.2) is 0 Å². The van der Waals surface area contributed by atoms with Crippen LogP contribution in [0.15, 0.2) is 12.3 Å². The number of hydrogen-bond acceptors (Lipinski definition) is 1. The summed E-state index contributed by atoms with van der Waals surface area (Å²) in [7, 11) is 0. The summed E-state index contributed by atoms with van der Waals surface area (Å²) in [6.07, 6.45) is 8.03. The van der Waals surface area contributed by atoms with Gasteiger partial charge in [-0.3, -0.25) is 0 Å². The first kappa shape index (κ1) is 7.64. The Morgan fingerprint density at radius 1 is 1.10 bits per heavy atom. The van der Waals surface area contributed by atoms with Gasteiger partial charge in [0.1, 0.15) is 0 Å². The molecule has 0 amide bonds. The molecule has 1 fully saturated rings. The third-order valence-electron chi connectivity index (χ3n) is 2.38. The quantitative estimate of drug-likeness (QED) is 0.555. The Bertz CT molecular complexity index is 110. The molecule has 1 heteroatoms. The van der Waals surface area contributed by atoms with Gasteiger partial charge in [0.05, 0.1) is 0 Å². The van der Waals surface area contributed by atoms with Crippen molar-refractivity contribution in [2.24, 2.45) is 11.7 Å². The second-order valence-corrected chi connectivity index (χ2v) is 3.26. The molecule has 0 aromatic carbocycles. The van der Waals surface area contributed by atoms with E-state index in [4.69, 9.17) is 5.73 Å². The second kappa shape index (κ2) is 3.65. The third-order valence-corrected chi connectivity index (χ3v) is 2.38. The molecule has 1 saturated carbocycles. The number of allylic oxidation sites excluding steroid dienone is 1. The summed E-state index contributed by atoms with van der Waals surface area (Å²) in [5.41, 5.74) is 6.55. The SMILES string of the molecule is C=C(N)C1CCCCCC1. The molecule has 2 N–H and O–H groups in total. The van der Waals surface area contributed by atoms with Crippen LogP contribution in [-0.2, 0) is 0 Å². The van der Waals surface area contributed by atoms with E-state index in [1.165, 1.54) is 38.5 Å². The van der Waals surface area contributed by atoms with Crippen molar-refractivity contribution in [3.63, 3.8) is 0 Å². The molecule has 1 rings (SSSR count). The van der Waals surface area contributed by atoms with E-state index in [2.05, 4.69) is 6.58 Å². The molecule has 1 nitrogen and oxygen atoms in total. The average molecular weight is 139 g/mol. The van der Waals surface area contributed by atoms with Crippen LogP contribution >= 0.6 is 0 Å². The minimum absolute atomic E-state index is 0.627. The van der Waals surface area contributed by atoms with Gasteiger partial charge < -0.3 is 5.73 Å². The lowest BCUT2D eigenvalue weighted by atomic mass is 9.98. The van der Waals surface area contributed by atoms with Crippen molar-refractivity contribution >= 4 is 0 Å². The predicted molar refractivity (Wildman–Crippen MR) is 44.5 cm³/mol. The van der Waals surface area contributed by atoms with Gasteiger partial charge in [-0.1, -0.05) is 32.3 Å². The van der Waals surface area contributed by atoms with Crippen molar-refractivity contribution in [2.75, 3.05) is 0 Å². The summed E-state index contributed by atoms with van der Waals surface area (Å²) >= 11 is 0. The van der Waals surface area contributed by atoms with E-state index in [0.29, 0.717) is 5.92 Å². The Morgan fingerprint density at radius 2 is 1.60 bits per heavy atom. The molecule has 0 radical (unpaired) electrons. The maximum absolute atomic E-state index is 5.64. The van der Waals surface area contributed by atoms with E-state index in [9.17, 15) is 0 Å². The Labute approximate surface area is 63.3 Å². The van der Waals surface area contributed by atoms with Gasteiger partial charge in [-0.2, -0.15) is 0 Å². The van der Waals surface area contributed by atoms with Crippen LogP contribution < -0.4 is 5.73 Å². The Balaban J connectivity index is 2.35. The molecule has 0 bridgehead atoms. The fourth-order valence-corrected chi connectivity index (χ4v) is 1.65. The molecule has 0 spiro atoms. The summed E-state index contributed by atoms with van der Waals surface area (Å²) in [4.78, 5) is 0. The Morgan fingerprint density at radius 3 is 2.00 bits per heavy atom. The standard InChI is InChI=1S/C9H17N/c1-8(10)9-6-4-2-3-5-7-9/h9H,1-7,10H2.